The van der Waals surface area contributed by atoms with Gasteiger partial charge in [-0.3, -0.25) is 4.79 Å². The number of piperidine rings is 1. The van der Waals surface area contributed by atoms with Crippen molar-refractivity contribution in [2.24, 2.45) is 5.92 Å². The highest BCUT2D eigenvalue weighted by Gasteiger charge is 2.23. The monoisotopic (exact) mass is 286 g/mol. The SMILES string of the molecule is CN1CCC(C(=O)Nc2cc(Cl)cc(Cl)c2)CC1. The molecule has 0 aromatic heterocycles. The fourth-order valence-corrected chi connectivity index (χ4v) is 2.67. The minimum absolute atomic E-state index is 0.0569. The summed E-state index contributed by atoms with van der Waals surface area (Å²) in [5.74, 6) is 0.139. The van der Waals surface area contributed by atoms with Crippen LogP contribution in [0.2, 0.25) is 10.0 Å². The van der Waals surface area contributed by atoms with Crippen molar-refractivity contribution in [3.05, 3.63) is 28.2 Å². The van der Waals surface area contributed by atoms with Crippen molar-refractivity contribution in [3.8, 4) is 0 Å². The van der Waals surface area contributed by atoms with E-state index in [9.17, 15) is 4.79 Å². The van der Waals surface area contributed by atoms with Crippen molar-refractivity contribution < 1.29 is 4.79 Å². The molecule has 1 saturated heterocycles. The predicted molar refractivity (Wildman–Crippen MR) is 75.3 cm³/mol. The largest absolute Gasteiger partial charge is 0.326 e. The van der Waals surface area contributed by atoms with E-state index in [1.54, 1.807) is 18.2 Å². The summed E-state index contributed by atoms with van der Waals surface area (Å²) in [5, 5.41) is 3.94. The van der Waals surface area contributed by atoms with E-state index in [1.165, 1.54) is 0 Å². The predicted octanol–water partition coefficient (Wildman–Crippen LogP) is 3.27. The Morgan fingerprint density at radius 1 is 1.22 bits per heavy atom. The van der Waals surface area contributed by atoms with Crippen LogP contribution in [0.4, 0.5) is 5.69 Å². The molecule has 1 aromatic rings. The zero-order valence-corrected chi connectivity index (χ0v) is 11.8. The fraction of sp³-hybridized carbons (Fsp3) is 0.462. The molecular weight excluding hydrogens is 271 g/mol. The minimum Gasteiger partial charge on any atom is -0.326 e. The number of halogens is 2. The highest BCUT2D eigenvalue weighted by molar-refractivity contribution is 6.35. The van der Waals surface area contributed by atoms with Gasteiger partial charge in [0, 0.05) is 21.7 Å². The molecule has 1 aliphatic heterocycles. The molecule has 1 N–H and O–H groups in total. The summed E-state index contributed by atoms with van der Waals surface area (Å²) >= 11 is 11.8. The number of rotatable bonds is 2. The van der Waals surface area contributed by atoms with Gasteiger partial charge in [0.25, 0.3) is 0 Å². The van der Waals surface area contributed by atoms with E-state index < -0.39 is 0 Å². The Balaban J connectivity index is 1.98. The van der Waals surface area contributed by atoms with Gasteiger partial charge in [-0.2, -0.15) is 0 Å². The van der Waals surface area contributed by atoms with Gasteiger partial charge in [0.1, 0.15) is 0 Å². The first kappa shape index (κ1) is 13.7. The standard InChI is InChI=1S/C13H16Cl2N2O/c1-17-4-2-9(3-5-17)13(18)16-12-7-10(14)6-11(15)8-12/h6-9H,2-5H2,1H3,(H,16,18). The Hall–Kier alpha value is -0.770. The molecule has 0 atom stereocenters. The third kappa shape index (κ3) is 3.61. The van der Waals surface area contributed by atoms with Crippen molar-refractivity contribution in [2.75, 3.05) is 25.5 Å². The lowest BCUT2D eigenvalue weighted by atomic mass is 9.96. The summed E-state index contributed by atoms with van der Waals surface area (Å²) in [7, 11) is 2.07. The van der Waals surface area contributed by atoms with Gasteiger partial charge in [-0.05, 0) is 51.2 Å². The van der Waals surface area contributed by atoms with Crippen molar-refractivity contribution in [1.29, 1.82) is 0 Å². The summed E-state index contributed by atoms with van der Waals surface area (Å²) in [4.78, 5) is 14.3. The van der Waals surface area contributed by atoms with E-state index in [0.29, 0.717) is 15.7 Å². The smallest absolute Gasteiger partial charge is 0.227 e. The number of carbonyl (C=O) groups is 1. The maximum Gasteiger partial charge on any atom is 0.227 e. The quantitative estimate of drug-likeness (QED) is 0.905. The van der Waals surface area contributed by atoms with Gasteiger partial charge < -0.3 is 10.2 Å². The van der Waals surface area contributed by atoms with Crippen LogP contribution < -0.4 is 5.32 Å². The lowest BCUT2D eigenvalue weighted by Crippen LogP contribution is -2.35. The molecule has 98 valence electrons. The van der Waals surface area contributed by atoms with E-state index in [-0.39, 0.29) is 11.8 Å². The molecule has 0 radical (unpaired) electrons. The molecule has 1 fully saturated rings. The molecule has 1 aliphatic rings. The summed E-state index contributed by atoms with van der Waals surface area (Å²) in [5.41, 5.74) is 0.663. The first-order valence-corrected chi connectivity index (χ1v) is 6.75. The van der Waals surface area contributed by atoms with Gasteiger partial charge >= 0.3 is 0 Å². The number of nitrogens with one attached hydrogen (secondary N) is 1. The molecular formula is C13H16Cl2N2O. The first-order valence-electron chi connectivity index (χ1n) is 6.00. The van der Waals surface area contributed by atoms with Crippen LogP contribution in [0.3, 0.4) is 0 Å². The van der Waals surface area contributed by atoms with E-state index in [0.717, 1.165) is 25.9 Å². The topological polar surface area (TPSA) is 32.3 Å². The number of anilines is 1. The van der Waals surface area contributed by atoms with Gasteiger partial charge in [-0.1, -0.05) is 23.2 Å². The van der Waals surface area contributed by atoms with Gasteiger partial charge in [-0.15, -0.1) is 0 Å². The van der Waals surface area contributed by atoms with E-state index in [4.69, 9.17) is 23.2 Å². The lowest BCUT2D eigenvalue weighted by molar-refractivity contribution is -0.121. The van der Waals surface area contributed by atoms with Crippen molar-refractivity contribution in [2.45, 2.75) is 12.8 Å². The Kier molecular flexibility index (Phi) is 4.49. The van der Waals surface area contributed by atoms with Crippen LogP contribution in [0.25, 0.3) is 0 Å². The molecule has 3 nitrogen and oxygen atoms in total. The number of nitrogens with zero attached hydrogens (tertiary/aromatic N) is 1. The second-order valence-electron chi connectivity index (χ2n) is 4.72. The number of hydrogen-bond acceptors (Lipinski definition) is 2. The average molecular weight is 287 g/mol. The van der Waals surface area contributed by atoms with Gasteiger partial charge in [0.2, 0.25) is 5.91 Å². The molecule has 0 aliphatic carbocycles. The summed E-state index contributed by atoms with van der Waals surface area (Å²) in [6.07, 6.45) is 1.80. The normalized spacial score (nSPS) is 17.7. The Labute approximate surface area is 117 Å². The van der Waals surface area contributed by atoms with Crippen molar-refractivity contribution >= 4 is 34.8 Å². The first-order chi connectivity index (χ1) is 8.54. The van der Waals surface area contributed by atoms with Crippen LogP contribution in [0, 0.1) is 5.92 Å². The Morgan fingerprint density at radius 2 is 1.78 bits per heavy atom. The van der Waals surface area contributed by atoms with Gasteiger partial charge in [0.15, 0.2) is 0 Å². The van der Waals surface area contributed by atoms with Crippen LogP contribution in [-0.2, 0) is 4.79 Å². The number of amides is 1. The Morgan fingerprint density at radius 3 is 2.33 bits per heavy atom. The third-order valence-corrected chi connectivity index (χ3v) is 3.66. The van der Waals surface area contributed by atoms with Crippen LogP contribution >= 0.6 is 23.2 Å². The second-order valence-corrected chi connectivity index (χ2v) is 5.60. The molecule has 1 heterocycles. The third-order valence-electron chi connectivity index (χ3n) is 3.22. The number of benzene rings is 1. The fourth-order valence-electron chi connectivity index (χ4n) is 2.14. The molecule has 2 rings (SSSR count). The van der Waals surface area contributed by atoms with Crippen LogP contribution in [0.5, 0.6) is 0 Å². The van der Waals surface area contributed by atoms with Crippen molar-refractivity contribution in [1.82, 2.24) is 4.90 Å². The molecule has 18 heavy (non-hydrogen) atoms. The summed E-state index contributed by atoms with van der Waals surface area (Å²) in [6, 6.07) is 5.06. The molecule has 1 aromatic carbocycles. The number of likely N-dealkylation sites (tertiary alicyclic amines) is 1. The molecule has 0 spiro atoms. The van der Waals surface area contributed by atoms with Crippen LogP contribution in [0.1, 0.15) is 12.8 Å². The number of hydrogen-bond donors (Lipinski definition) is 1. The second kappa shape index (κ2) is 5.91. The minimum atomic E-state index is 0.0569. The zero-order chi connectivity index (χ0) is 13.1. The van der Waals surface area contributed by atoms with Crippen molar-refractivity contribution in [3.63, 3.8) is 0 Å². The average Bonchev–Trinajstić information content (AvgIpc) is 2.28. The zero-order valence-electron chi connectivity index (χ0n) is 10.2. The number of carbonyl (C=O) groups excluding carboxylic acids is 1. The van der Waals surface area contributed by atoms with Crippen LogP contribution in [-0.4, -0.2) is 30.9 Å². The van der Waals surface area contributed by atoms with Gasteiger partial charge in [-0.25, -0.2) is 0 Å². The summed E-state index contributed by atoms with van der Waals surface area (Å²) in [6.45, 7) is 1.93. The molecule has 5 heteroatoms. The highest BCUT2D eigenvalue weighted by atomic mass is 35.5. The Bertz CT molecular complexity index is 422. The highest BCUT2D eigenvalue weighted by Crippen LogP contribution is 2.24. The molecule has 0 saturated carbocycles. The maximum atomic E-state index is 12.1. The lowest BCUT2D eigenvalue weighted by Gasteiger charge is -2.28. The van der Waals surface area contributed by atoms with E-state index >= 15 is 0 Å². The van der Waals surface area contributed by atoms with E-state index in [2.05, 4.69) is 17.3 Å². The maximum absolute atomic E-state index is 12.1. The molecule has 0 unspecified atom stereocenters. The molecule has 0 bridgehead atoms. The molecule has 1 amide bonds. The van der Waals surface area contributed by atoms with E-state index in [1.807, 2.05) is 0 Å². The van der Waals surface area contributed by atoms with Gasteiger partial charge in [0.05, 0.1) is 0 Å². The van der Waals surface area contributed by atoms with Crippen LogP contribution in [0.15, 0.2) is 18.2 Å². The summed E-state index contributed by atoms with van der Waals surface area (Å²) < 4.78 is 0.